The summed E-state index contributed by atoms with van der Waals surface area (Å²) in [5.74, 6) is 0. The third-order valence-electron chi connectivity index (χ3n) is 3.11. The summed E-state index contributed by atoms with van der Waals surface area (Å²) < 4.78 is 25.7. The van der Waals surface area contributed by atoms with Crippen LogP contribution in [0, 0.1) is 0 Å². The van der Waals surface area contributed by atoms with Crippen molar-refractivity contribution in [2.24, 2.45) is 0 Å². The molecule has 1 aromatic carbocycles. The molecule has 4 N–H and O–H groups in total. The molecule has 0 spiro atoms. The van der Waals surface area contributed by atoms with E-state index in [1.165, 1.54) is 19.2 Å². The first kappa shape index (κ1) is 15.3. The standard InChI is InChI=1S/C14H18N4O2S/c1-10(13-5-3-4-8-17-13)18-14-7-6-11(9-12(14)15)21(19,20)16-2/h3-10,16,18H,15H2,1-2H3. The average molecular weight is 306 g/mol. The summed E-state index contributed by atoms with van der Waals surface area (Å²) in [4.78, 5) is 4.40. The first-order chi connectivity index (χ1) is 9.94. The molecular weight excluding hydrogens is 288 g/mol. The molecule has 1 unspecified atom stereocenters. The van der Waals surface area contributed by atoms with Crippen molar-refractivity contribution in [1.82, 2.24) is 9.71 Å². The molecule has 0 saturated carbocycles. The van der Waals surface area contributed by atoms with Gasteiger partial charge in [-0.15, -0.1) is 0 Å². The van der Waals surface area contributed by atoms with E-state index in [9.17, 15) is 8.42 Å². The van der Waals surface area contributed by atoms with Crippen molar-refractivity contribution in [3.05, 3.63) is 48.3 Å². The molecule has 1 heterocycles. The van der Waals surface area contributed by atoms with Crippen molar-refractivity contribution >= 4 is 21.4 Å². The number of pyridine rings is 1. The average Bonchev–Trinajstić information content (AvgIpc) is 2.50. The Morgan fingerprint density at radius 2 is 2.00 bits per heavy atom. The number of hydrogen-bond donors (Lipinski definition) is 3. The molecule has 0 aliphatic rings. The highest BCUT2D eigenvalue weighted by Crippen LogP contribution is 2.26. The van der Waals surface area contributed by atoms with Gasteiger partial charge in [0.15, 0.2) is 0 Å². The fraction of sp³-hybridized carbons (Fsp3) is 0.214. The molecule has 0 aliphatic heterocycles. The van der Waals surface area contributed by atoms with E-state index in [0.717, 1.165) is 5.69 Å². The van der Waals surface area contributed by atoms with Crippen LogP contribution in [0.4, 0.5) is 11.4 Å². The van der Waals surface area contributed by atoms with Crippen LogP contribution < -0.4 is 15.8 Å². The van der Waals surface area contributed by atoms with Crippen LogP contribution in [0.3, 0.4) is 0 Å². The molecule has 112 valence electrons. The van der Waals surface area contributed by atoms with Crippen LogP contribution in [-0.4, -0.2) is 20.4 Å². The molecule has 1 aromatic heterocycles. The Kier molecular flexibility index (Phi) is 4.44. The first-order valence-corrected chi connectivity index (χ1v) is 7.93. The fourth-order valence-electron chi connectivity index (χ4n) is 1.90. The van der Waals surface area contributed by atoms with Crippen molar-refractivity contribution in [2.75, 3.05) is 18.1 Å². The molecule has 0 aliphatic carbocycles. The van der Waals surface area contributed by atoms with E-state index >= 15 is 0 Å². The van der Waals surface area contributed by atoms with E-state index in [1.54, 1.807) is 12.3 Å². The summed E-state index contributed by atoms with van der Waals surface area (Å²) >= 11 is 0. The van der Waals surface area contributed by atoms with Crippen LogP contribution in [0.2, 0.25) is 0 Å². The van der Waals surface area contributed by atoms with Gasteiger partial charge in [0.25, 0.3) is 0 Å². The second-order valence-corrected chi connectivity index (χ2v) is 6.46. The number of sulfonamides is 1. The van der Waals surface area contributed by atoms with Crippen molar-refractivity contribution in [3.63, 3.8) is 0 Å². The van der Waals surface area contributed by atoms with E-state index in [2.05, 4.69) is 15.0 Å². The lowest BCUT2D eigenvalue weighted by molar-refractivity contribution is 0.588. The number of hydrogen-bond acceptors (Lipinski definition) is 5. The van der Waals surface area contributed by atoms with Gasteiger partial charge in [-0.3, -0.25) is 4.98 Å². The Labute approximate surface area is 124 Å². The smallest absolute Gasteiger partial charge is 0.240 e. The molecule has 1 atom stereocenters. The van der Waals surface area contributed by atoms with Crippen molar-refractivity contribution in [2.45, 2.75) is 17.9 Å². The third kappa shape index (κ3) is 3.50. The number of rotatable bonds is 5. The van der Waals surface area contributed by atoms with Crippen LogP contribution in [0.1, 0.15) is 18.7 Å². The van der Waals surface area contributed by atoms with Gasteiger partial charge in [-0.2, -0.15) is 0 Å². The topological polar surface area (TPSA) is 97.1 Å². The van der Waals surface area contributed by atoms with Crippen LogP contribution in [0.5, 0.6) is 0 Å². The highest BCUT2D eigenvalue weighted by atomic mass is 32.2. The van der Waals surface area contributed by atoms with Gasteiger partial charge in [0.2, 0.25) is 10.0 Å². The van der Waals surface area contributed by atoms with Gasteiger partial charge >= 0.3 is 0 Å². The van der Waals surface area contributed by atoms with Gasteiger partial charge in [-0.05, 0) is 44.3 Å². The normalized spacial score (nSPS) is 12.9. The number of aromatic nitrogens is 1. The summed E-state index contributed by atoms with van der Waals surface area (Å²) in [6, 6.07) is 10.2. The molecule has 21 heavy (non-hydrogen) atoms. The van der Waals surface area contributed by atoms with Crippen molar-refractivity contribution in [1.29, 1.82) is 0 Å². The minimum Gasteiger partial charge on any atom is -0.397 e. The lowest BCUT2D eigenvalue weighted by Gasteiger charge is -2.17. The van der Waals surface area contributed by atoms with Gasteiger partial charge in [0.1, 0.15) is 0 Å². The quantitative estimate of drug-likeness (QED) is 0.731. The lowest BCUT2D eigenvalue weighted by atomic mass is 10.2. The highest BCUT2D eigenvalue weighted by molar-refractivity contribution is 7.89. The lowest BCUT2D eigenvalue weighted by Crippen LogP contribution is -2.19. The summed E-state index contributed by atoms with van der Waals surface area (Å²) in [5.41, 5.74) is 7.84. The van der Waals surface area contributed by atoms with Gasteiger partial charge < -0.3 is 11.1 Å². The largest absolute Gasteiger partial charge is 0.397 e. The Morgan fingerprint density at radius 1 is 1.24 bits per heavy atom. The summed E-state index contributed by atoms with van der Waals surface area (Å²) in [5, 5.41) is 3.22. The first-order valence-electron chi connectivity index (χ1n) is 6.44. The minimum absolute atomic E-state index is 0.0414. The molecule has 6 nitrogen and oxygen atoms in total. The van der Waals surface area contributed by atoms with Crippen LogP contribution in [0.25, 0.3) is 0 Å². The Balaban J connectivity index is 2.23. The van der Waals surface area contributed by atoms with Gasteiger partial charge in [-0.25, -0.2) is 13.1 Å². The molecule has 0 fully saturated rings. The van der Waals surface area contributed by atoms with Crippen LogP contribution in [-0.2, 0) is 10.0 Å². The van der Waals surface area contributed by atoms with E-state index in [-0.39, 0.29) is 10.9 Å². The number of anilines is 2. The molecule has 0 saturated heterocycles. The zero-order valence-electron chi connectivity index (χ0n) is 11.9. The molecular formula is C14H18N4O2S. The van der Waals surface area contributed by atoms with Crippen LogP contribution in [0.15, 0.2) is 47.5 Å². The van der Waals surface area contributed by atoms with Gasteiger partial charge in [0, 0.05) is 6.20 Å². The summed E-state index contributed by atoms with van der Waals surface area (Å²) in [6.07, 6.45) is 1.72. The number of nitrogens with two attached hydrogens (primary N) is 1. The molecule has 2 rings (SSSR count). The molecule has 0 amide bonds. The predicted molar refractivity (Wildman–Crippen MR) is 83.4 cm³/mol. The third-order valence-corrected chi connectivity index (χ3v) is 4.52. The second-order valence-electron chi connectivity index (χ2n) is 4.58. The van der Waals surface area contributed by atoms with Gasteiger partial charge in [-0.1, -0.05) is 6.07 Å². The van der Waals surface area contributed by atoms with E-state index in [1.807, 2.05) is 25.1 Å². The predicted octanol–water partition coefficient (Wildman–Crippen LogP) is 1.74. The Hall–Kier alpha value is -2.12. The maximum Gasteiger partial charge on any atom is 0.240 e. The van der Waals surface area contributed by atoms with E-state index in [0.29, 0.717) is 11.4 Å². The monoisotopic (exact) mass is 306 g/mol. The Morgan fingerprint density at radius 3 is 2.57 bits per heavy atom. The molecule has 7 heteroatoms. The Bertz CT molecular complexity index is 717. The maximum atomic E-state index is 11.7. The molecule has 0 bridgehead atoms. The summed E-state index contributed by atoms with van der Waals surface area (Å²) in [6.45, 7) is 1.96. The van der Waals surface area contributed by atoms with Crippen molar-refractivity contribution in [3.8, 4) is 0 Å². The van der Waals surface area contributed by atoms with E-state index in [4.69, 9.17) is 5.73 Å². The number of benzene rings is 1. The van der Waals surface area contributed by atoms with Gasteiger partial charge in [0.05, 0.1) is 28.0 Å². The van der Waals surface area contributed by atoms with Crippen molar-refractivity contribution < 1.29 is 8.42 Å². The number of nitrogens with one attached hydrogen (secondary N) is 2. The molecule has 0 radical (unpaired) electrons. The van der Waals surface area contributed by atoms with E-state index < -0.39 is 10.0 Å². The molecule has 2 aromatic rings. The zero-order chi connectivity index (χ0) is 15.5. The highest BCUT2D eigenvalue weighted by Gasteiger charge is 2.14. The fourth-order valence-corrected chi connectivity index (χ4v) is 2.66. The SMILES string of the molecule is CNS(=O)(=O)c1ccc(NC(C)c2ccccn2)c(N)c1. The summed E-state index contributed by atoms with van der Waals surface area (Å²) in [7, 11) is -2.13. The second kappa shape index (κ2) is 6.11. The number of nitrogen functional groups attached to an aromatic ring is 1. The minimum atomic E-state index is -3.49. The van der Waals surface area contributed by atoms with Crippen LogP contribution >= 0.6 is 0 Å². The zero-order valence-corrected chi connectivity index (χ0v) is 12.7. The number of nitrogens with zero attached hydrogens (tertiary/aromatic N) is 1. The maximum absolute atomic E-state index is 11.7.